The van der Waals surface area contributed by atoms with Crippen LogP contribution in [0.15, 0.2) is 24.3 Å². The molecule has 20 heavy (non-hydrogen) atoms. The summed E-state index contributed by atoms with van der Waals surface area (Å²) in [7, 11) is 1.78. The summed E-state index contributed by atoms with van der Waals surface area (Å²) in [5.74, 6) is 0.860. The predicted molar refractivity (Wildman–Crippen MR) is 85.2 cm³/mol. The largest absolute Gasteiger partial charge is 0.383 e. The van der Waals surface area contributed by atoms with Gasteiger partial charge in [-0.2, -0.15) is 0 Å². The Balaban J connectivity index is 2.17. The second-order valence-electron chi connectivity index (χ2n) is 5.67. The van der Waals surface area contributed by atoms with Gasteiger partial charge in [-0.05, 0) is 43.9 Å². The quantitative estimate of drug-likeness (QED) is 0.750. The van der Waals surface area contributed by atoms with Crippen LogP contribution >= 0.6 is 0 Å². The molecule has 1 N–H and O–H groups in total. The zero-order chi connectivity index (χ0) is 14.4. The van der Waals surface area contributed by atoms with Crippen molar-refractivity contribution < 1.29 is 4.74 Å². The van der Waals surface area contributed by atoms with E-state index in [4.69, 9.17) is 4.74 Å². The van der Waals surface area contributed by atoms with E-state index in [9.17, 15) is 0 Å². The van der Waals surface area contributed by atoms with Crippen LogP contribution in [0.4, 0.5) is 5.69 Å². The van der Waals surface area contributed by atoms with Gasteiger partial charge in [0, 0.05) is 31.9 Å². The highest BCUT2D eigenvalue weighted by molar-refractivity contribution is 5.54. The second kappa shape index (κ2) is 7.65. The van der Waals surface area contributed by atoms with E-state index in [1.807, 2.05) is 0 Å². The van der Waals surface area contributed by atoms with Crippen molar-refractivity contribution in [2.45, 2.75) is 39.3 Å². The van der Waals surface area contributed by atoms with Gasteiger partial charge < -0.3 is 15.0 Å². The van der Waals surface area contributed by atoms with Gasteiger partial charge in [-0.25, -0.2) is 0 Å². The van der Waals surface area contributed by atoms with Crippen molar-refractivity contribution >= 4 is 5.69 Å². The maximum Gasteiger partial charge on any atom is 0.0637 e. The first-order valence-corrected chi connectivity index (χ1v) is 7.82. The number of nitrogens with zero attached hydrogens (tertiary/aromatic N) is 1. The van der Waals surface area contributed by atoms with Crippen molar-refractivity contribution in [1.82, 2.24) is 5.32 Å². The number of hydrogen-bond acceptors (Lipinski definition) is 3. The topological polar surface area (TPSA) is 24.5 Å². The van der Waals surface area contributed by atoms with Crippen molar-refractivity contribution in [3.8, 4) is 0 Å². The van der Waals surface area contributed by atoms with E-state index in [0.29, 0.717) is 6.04 Å². The molecular weight excluding hydrogens is 248 g/mol. The zero-order valence-corrected chi connectivity index (χ0v) is 13.1. The summed E-state index contributed by atoms with van der Waals surface area (Å²) >= 11 is 0. The third kappa shape index (κ3) is 3.97. The van der Waals surface area contributed by atoms with Crippen LogP contribution in [0.1, 0.15) is 32.3 Å². The van der Waals surface area contributed by atoms with Gasteiger partial charge in [-0.15, -0.1) is 0 Å². The summed E-state index contributed by atoms with van der Waals surface area (Å²) in [4.78, 5) is 2.54. The molecule has 0 heterocycles. The standard InChI is InChI=1S/C17H28N2O/c1-4-18-13-16-7-5-6-8-17(16)19(11-12-20-3)14(2)15-9-10-15/h5-8,14-15,18H,4,9-13H2,1-3H3. The van der Waals surface area contributed by atoms with Gasteiger partial charge in [0.1, 0.15) is 0 Å². The van der Waals surface area contributed by atoms with E-state index in [1.54, 1.807) is 7.11 Å². The summed E-state index contributed by atoms with van der Waals surface area (Å²) in [5.41, 5.74) is 2.75. The molecule has 0 aromatic heterocycles. The SMILES string of the molecule is CCNCc1ccccc1N(CCOC)C(C)C1CC1. The Morgan fingerprint density at radius 3 is 2.75 bits per heavy atom. The molecule has 0 spiro atoms. The van der Waals surface area contributed by atoms with Crippen LogP contribution in [-0.2, 0) is 11.3 Å². The van der Waals surface area contributed by atoms with E-state index >= 15 is 0 Å². The molecule has 1 fully saturated rings. The molecule has 0 amide bonds. The summed E-state index contributed by atoms with van der Waals surface area (Å²) in [5, 5.41) is 3.44. The number of para-hydroxylation sites is 1. The molecule has 0 saturated heterocycles. The molecular formula is C17H28N2O. The molecule has 1 aliphatic rings. The second-order valence-corrected chi connectivity index (χ2v) is 5.67. The van der Waals surface area contributed by atoms with Gasteiger partial charge >= 0.3 is 0 Å². The molecule has 3 nitrogen and oxygen atoms in total. The number of hydrogen-bond donors (Lipinski definition) is 1. The van der Waals surface area contributed by atoms with Crippen molar-refractivity contribution in [2.75, 3.05) is 31.7 Å². The van der Waals surface area contributed by atoms with Gasteiger partial charge in [-0.3, -0.25) is 0 Å². The Labute approximate surface area is 123 Å². The summed E-state index contributed by atoms with van der Waals surface area (Å²) in [6.45, 7) is 8.21. The molecule has 3 heteroatoms. The maximum absolute atomic E-state index is 5.31. The van der Waals surface area contributed by atoms with Gasteiger partial charge in [0.25, 0.3) is 0 Å². The molecule has 0 bridgehead atoms. The van der Waals surface area contributed by atoms with Crippen LogP contribution < -0.4 is 10.2 Å². The maximum atomic E-state index is 5.31. The van der Waals surface area contributed by atoms with Crippen LogP contribution in [0.5, 0.6) is 0 Å². The van der Waals surface area contributed by atoms with Crippen molar-refractivity contribution in [3.05, 3.63) is 29.8 Å². The lowest BCUT2D eigenvalue weighted by molar-refractivity contribution is 0.202. The molecule has 1 saturated carbocycles. The average Bonchev–Trinajstić information content (AvgIpc) is 3.31. The van der Waals surface area contributed by atoms with E-state index in [0.717, 1.165) is 32.2 Å². The van der Waals surface area contributed by atoms with E-state index in [2.05, 4.69) is 48.3 Å². The molecule has 1 aromatic carbocycles. The van der Waals surface area contributed by atoms with E-state index in [-0.39, 0.29) is 0 Å². The first kappa shape index (κ1) is 15.3. The first-order valence-electron chi connectivity index (χ1n) is 7.82. The molecule has 0 radical (unpaired) electrons. The number of anilines is 1. The number of rotatable bonds is 9. The monoisotopic (exact) mass is 276 g/mol. The van der Waals surface area contributed by atoms with Crippen molar-refractivity contribution in [1.29, 1.82) is 0 Å². The van der Waals surface area contributed by atoms with Gasteiger partial charge in [-0.1, -0.05) is 25.1 Å². The Hall–Kier alpha value is -1.06. The zero-order valence-electron chi connectivity index (χ0n) is 13.1. The molecule has 1 aliphatic carbocycles. The number of ether oxygens (including phenoxy) is 1. The highest BCUT2D eigenvalue weighted by Gasteiger charge is 2.32. The number of benzene rings is 1. The van der Waals surface area contributed by atoms with Gasteiger partial charge in [0.2, 0.25) is 0 Å². The van der Waals surface area contributed by atoms with Crippen LogP contribution in [0.3, 0.4) is 0 Å². The van der Waals surface area contributed by atoms with Crippen LogP contribution in [0.2, 0.25) is 0 Å². The fraction of sp³-hybridized carbons (Fsp3) is 0.647. The molecule has 1 atom stereocenters. The number of nitrogens with one attached hydrogen (secondary N) is 1. The fourth-order valence-corrected chi connectivity index (χ4v) is 2.77. The summed E-state index contributed by atoms with van der Waals surface area (Å²) < 4.78 is 5.31. The minimum atomic E-state index is 0.605. The Bertz CT molecular complexity index is 404. The smallest absolute Gasteiger partial charge is 0.0637 e. The molecule has 2 rings (SSSR count). The van der Waals surface area contributed by atoms with Gasteiger partial charge in [0.15, 0.2) is 0 Å². The molecule has 1 unspecified atom stereocenters. The first-order chi connectivity index (χ1) is 9.77. The van der Waals surface area contributed by atoms with Crippen LogP contribution in [0.25, 0.3) is 0 Å². The Morgan fingerprint density at radius 1 is 1.35 bits per heavy atom. The van der Waals surface area contributed by atoms with E-state index < -0.39 is 0 Å². The fourth-order valence-electron chi connectivity index (χ4n) is 2.77. The van der Waals surface area contributed by atoms with E-state index in [1.165, 1.54) is 24.1 Å². The minimum absolute atomic E-state index is 0.605. The average molecular weight is 276 g/mol. The normalized spacial score (nSPS) is 16.1. The minimum Gasteiger partial charge on any atom is -0.383 e. The molecule has 112 valence electrons. The third-order valence-electron chi connectivity index (χ3n) is 4.20. The predicted octanol–water partition coefficient (Wildman–Crippen LogP) is 3.05. The lowest BCUT2D eigenvalue weighted by atomic mass is 10.1. The summed E-state index contributed by atoms with van der Waals surface area (Å²) in [6.07, 6.45) is 2.75. The van der Waals surface area contributed by atoms with Crippen LogP contribution in [-0.4, -0.2) is 32.8 Å². The lowest BCUT2D eigenvalue weighted by Gasteiger charge is -2.33. The lowest BCUT2D eigenvalue weighted by Crippen LogP contribution is -2.38. The van der Waals surface area contributed by atoms with Crippen LogP contribution in [0, 0.1) is 5.92 Å². The Kier molecular flexibility index (Phi) is 5.86. The highest BCUT2D eigenvalue weighted by atomic mass is 16.5. The Morgan fingerprint density at radius 2 is 2.10 bits per heavy atom. The molecule has 0 aliphatic heterocycles. The van der Waals surface area contributed by atoms with Crippen molar-refractivity contribution in [2.24, 2.45) is 5.92 Å². The van der Waals surface area contributed by atoms with Crippen molar-refractivity contribution in [3.63, 3.8) is 0 Å². The third-order valence-corrected chi connectivity index (χ3v) is 4.20. The highest BCUT2D eigenvalue weighted by Crippen LogP contribution is 2.37. The number of methoxy groups -OCH3 is 1. The van der Waals surface area contributed by atoms with Gasteiger partial charge in [0.05, 0.1) is 6.61 Å². The summed E-state index contributed by atoms with van der Waals surface area (Å²) in [6, 6.07) is 9.36. The molecule has 1 aromatic rings.